The van der Waals surface area contributed by atoms with E-state index in [9.17, 15) is 0 Å². The number of rotatable bonds is 3. The van der Waals surface area contributed by atoms with Crippen molar-refractivity contribution in [1.82, 2.24) is 10.1 Å². The lowest BCUT2D eigenvalue weighted by molar-refractivity contribution is 0.350. The van der Waals surface area contributed by atoms with E-state index in [1.54, 1.807) is 6.08 Å². The second-order valence-corrected chi connectivity index (χ2v) is 3.81. The predicted molar refractivity (Wildman–Crippen MR) is 52.8 cm³/mol. The van der Waals surface area contributed by atoms with Crippen LogP contribution in [-0.2, 0) is 6.42 Å². The molecule has 1 aliphatic carbocycles. The van der Waals surface area contributed by atoms with E-state index in [1.165, 1.54) is 0 Å². The molecule has 76 valence electrons. The van der Waals surface area contributed by atoms with Crippen molar-refractivity contribution in [2.24, 2.45) is 5.73 Å². The summed E-state index contributed by atoms with van der Waals surface area (Å²) in [5, 5.41) is 3.88. The molecule has 1 fully saturated rings. The van der Waals surface area contributed by atoms with Gasteiger partial charge in [-0.1, -0.05) is 11.2 Å². The van der Waals surface area contributed by atoms with Gasteiger partial charge in [-0.2, -0.15) is 4.98 Å². The summed E-state index contributed by atoms with van der Waals surface area (Å²) in [4.78, 5) is 4.31. The summed E-state index contributed by atoms with van der Waals surface area (Å²) in [7, 11) is 0. The van der Waals surface area contributed by atoms with Crippen LogP contribution in [0.5, 0.6) is 0 Å². The molecule has 14 heavy (non-hydrogen) atoms. The standard InChI is InChI=1S/C10H15N3O/c1-2-3-9-12-10(14-13-9)7-4-5-8(11)6-7/h2,7-8H,1,3-6,11H2. The summed E-state index contributed by atoms with van der Waals surface area (Å²) in [5.74, 6) is 1.83. The van der Waals surface area contributed by atoms with Gasteiger partial charge in [-0.25, -0.2) is 0 Å². The van der Waals surface area contributed by atoms with Crippen LogP contribution in [0.25, 0.3) is 0 Å². The van der Waals surface area contributed by atoms with Gasteiger partial charge in [-0.3, -0.25) is 0 Å². The van der Waals surface area contributed by atoms with Crippen LogP contribution in [0.1, 0.15) is 36.9 Å². The second kappa shape index (κ2) is 3.92. The van der Waals surface area contributed by atoms with Crippen LogP contribution in [0, 0.1) is 0 Å². The summed E-state index contributed by atoms with van der Waals surface area (Å²) in [6, 6.07) is 0.301. The molecule has 1 aliphatic rings. The highest BCUT2D eigenvalue weighted by Crippen LogP contribution is 2.32. The first-order valence-electron chi connectivity index (χ1n) is 4.98. The summed E-state index contributed by atoms with van der Waals surface area (Å²) < 4.78 is 5.18. The van der Waals surface area contributed by atoms with E-state index in [0.717, 1.165) is 31.0 Å². The van der Waals surface area contributed by atoms with Crippen LogP contribution in [-0.4, -0.2) is 16.2 Å². The maximum absolute atomic E-state index is 5.82. The Labute approximate surface area is 83.2 Å². The van der Waals surface area contributed by atoms with Crippen molar-refractivity contribution >= 4 is 0 Å². The lowest BCUT2D eigenvalue weighted by atomic mass is 10.1. The zero-order chi connectivity index (χ0) is 9.97. The van der Waals surface area contributed by atoms with Gasteiger partial charge in [0.2, 0.25) is 5.89 Å². The van der Waals surface area contributed by atoms with Crippen LogP contribution < -0.4 is 5.73 Å². The normalized spacial score (nSPS) is 26.6. The summed E-state index contributed by atoms with van der Waals surface area (Å²) in [6.07, 6.45) is 5.54. The molecule has 2 N–H and O–H groups in total. The highest BCUT2D eigenvalue weighted by atomic mass is 16.5. The van der Waals surface area contributed by atoms with E-state index in [2.05, 4.69) is 16.7 Å². The van der Waals surface area contributed by atoms with Gasteiger partial charge < -0.3 is 10.3 Å². The lowest BCUT2D eigenvalue weighted by Crippen LogP contribution is -2.14. The lowest BCUT2D eigenvalue weighted by Gasteiger charge is -2.01. The van der Waals surface area contributed by atoms with Crippen molar-refractivity contribution in [2.75, 3.05) is 0 Å². The molecule has 0 bridgehead atoms. The molecule has 2 atom stereocenters. The molecule has 1 aromatic heterocycles. The first-order valence-corrected chi connectivity index (χ1v) is 4.98. The topological polar surface area (TPSA) is 64.9 Å². The van der Waals surface area contributed by atoms with E-state index in [0.29, 0.717) is 18.4 Å². The third-order valence-electron chi connectivity index (χ3n) is 2.63. The highest BCUT2D eigenvalue weighted by molar-refractivity contribution is 5.00. The average molecular weight is 193 g/mol. The SMILES string of the molecule is C=CCc1noc(C2CCC(N)C2)n1. The van der Waals surface area contributed by atoms with E-state index in [-0.39, 0.29) is 0 Å². The fourth-order valence-corrected chi connectivity index (χ4v) is 1.89. The Kier molecular flexibility index (Phi) is 2.63. The summed E-state index contributed by atoms with van der Waals surface area (Å²) >= 11 is 0. The van der Waals surface area contributed by atoms with E-state index >= 15 is 0 Å². The molecule has 0 spiro atoms. The van der Waals surface area contributed by atoms with Crippen molar-refractivity contribution in [3.63, 3.8) is 0 Å². The second-order valence-electron chi connectivity index (χ2n) is 3.81. The minimum absolute atomic E-state index is 0.301. The molecule has 0 aromatic carbocycles. The molecule has 0 radical (unpaired) electrons. The minimum atomic E-state index is 0.301. The maximum Gasteiger partial charge on any atom is 0.229 e. The fourth-order valence-electron chi connectivity index (χ4n) is 1.89. The molecule has 1 heterocycles. The van der Waals surface area contributed by atoms with Crippen molar-refractivity contribution in [1.29, 1.82) is 0 Å². The van der Waals surface area contributed by atoms with Crippen LogP contribution in [0.2, 0.25) is 0 Å². The molecule has 1 saturated carbocycles. The van der Waals surface area contributed by atoms with E-state index in [4.69, 9.17) is 10.3 Å². The third kappa shape index (κ3) is 1.85. The van der Waals surface area contributed by atoms with Crippen LogP contribution >= 0.6 is 0 Å². The number of allylic oxidation sites excluding steroid dienone is 1. The molecule has 1 aromatic rings. The zero-order valence-electron chi connectivity index (χ0n) is 8.15. The van der Waals surface area contributed by atoms with E-state index < -0.39 is 0 Å². The Morgan fingerprint density at radius 2 is 2.43 bits per heavy atom. The van der Waals surface area contributed by atoms with Crippen molar-refractivity contribution in [2.45, 2.75) is 37.6 Å². The Balaban J connectivity index is 2.05. The van der Waals surface area contributed by atoms with Crippen LogP contribution in [0.4, 0.5) is 0 Å². The molecule has 2 unspecified atom stereocenters. The Hall–Kier alpha value is -1.16. The molecule has 4 heteroatoms. The van der Waals surface area contributed by atoms with Gasteiger partial charge in [0, 0.05) is 18.4 Å². The van der Waals surface area contributed by atoms with Gasteiger partial charge in [0.25, 0.3) is 0 Å². The monoisotopic (exact) mass is 193 g/mol. The smallest absolute Gasteiger partial charge is 0.229 e. The van der Waals surface area contributed by atoms with Gasteiger partial charge in [0.15, 0.2) is 5.82 Å². The Morgan fingerprint density at radius 1 is 1.57 bits per heavy atom. The number of hydrogen-bond donors (Lipinski definition) is 1. The van der Waals surface area contributed by atoms with Gasteiger partial charge in [-0.05, 0) is 19.3 Å². The number of nitrogens with two attached hydrogens (primary N) is 1. The number of hydrogen-bond acceptors (Lipinski definition) is 4. The average Bonchev–Trinajstić information content (AvgIpc) is 2.74. The fraction of sp³-hybridized carbons (Fsp3) is 0.600. The van der Waals surface area contributed by atoms with Gasteiger partial charge >= 0.3 is 0 Å². The number of nitrogens with zero attached hydrogens (tertiary/aromatic N) is 2. The third-order valence-corrected chi connectivity index (χ3v) is 2.63. The first kappa shape index (κ1) is 9.40. The van der Waals surface area contributed by atoms with Crippen LogP contribution in [0.15, 0.2) is 17.2 Å². The first-order chi connectivity index (χ1) is 6.79. The quantitative estimate of drug-likeness (QED) is 0.737. The van der Waals surface area contributed by atoms with Gasteiger partial charge in [-0.15, -0.1) is 6.58 Å². The highest BCUT2D eigenvalue weighted by Gasteiger charge is 2.27. The number of aromatic nitrogens is 2. The largest absolute Gasteiger partial charge is 0.339 e. The van der Waals surface area contributed by atoms with Crippen molar-refractivity contribution in [3.05, 3.63) is 24.4 Å². The molecule has 0 amide bonds. The molecule has 2 rings (SSSR count). The molecule has 0 saturated heterocycles. The van der Waals surface area contributed by atoms with Gasteiger partial charge in [0.05, 0.1) is 0 Å². The summed E-state index contributed by atoms with van der Waals surface area (Å²) in [5.41, 5.74) is 5.82. The van der Waals surface area contributed by atoms with Crippen molar-refractivity contribution < 1.29 is 4.52 Å². The van der Waals surface area contributed by atoms with Crippen LogP contribution in [0.3, 0.4) is 0 Å². The van der Waals surface area contributed by atoms with Crippen molar-refractivity contribution in [3.8, 4) is 0 Å². The Bertz CT molecular complexity index is 321. The van der Waals surface area contributed by atoms with Gasteiger partial charge in [0.1, 0.15) is 0 Å². The molecular weight excluding hydrogens is 178 g/mol. The molecule has 0 aliphatic heterocycles. The Morgan fingerprint density at radius 3 is 3.07 bits per heavy atom. The molecular formula is C10H15N3O. The zero-order valence-corrected chi connectivity index (χ0v) is 8.15. The summed E-state index contributed by atoms with van der Waals surface area (Å²) in [6.45, 7) is 3.63. The van der Waals surface area contributed by atoms with E-state index in [1.807, 2.05) is 0 Å². The minimum Gasteiger partial charge on any atom is -0.339 e. The molecule has 4 nitrogen and oxygen atoms in total. The maximum atomic E-state index is 5.82. The predicted octanol–water partition coefficient (Wildman–Crippen LogP) is 1.39.